The first kappa shape index (κ1) is 34.3. The van der Waals surface area contributed by atoms with Gasteiger partial charge in [-0.25, -0.2) is 4.39 Å². The Morgan fingerprint density at radius 1 is 1.09 bits per heavy atom. The van der Waals surface area contributed by atoms with Crippen LogP contribution in [0.2, 0.25) is 0 Å². The van der Waals surface area contributed by atoms with Gasteiger partial charge >= 0.3 is 0 Å². The molecule has 0 radical (unpaired) electrons. The summed E-state index contributed by atoms with van der Waals surface area (Å²) in [7, 11) is 0. The van der Waals surface area contributed by atoms with E-state index in [1.54, 1.807) is 19.9 Å². The van der Waals surface area contributed by atoms with Crippen molar-refractivity contribution in [2.24, 2.45) is 5.92 Å². The maximum atomic E-state index is 15.7. The second-order valence-corrected chi connectivity index (χ2v) is 13.1. The van der Waals surface area contributed by atoms with Gasteiger partial charge in [0, 0.05) is 16.9 Å². The summed E-state index contributed by atoms with van der Waals surface area (Å²) in [4.78, 5) is 25.3. The van der Waals surface area contributed by atoms with Gasteiger partial charge in [-0.15, -0.1) is 5.73 Å². The van der Waals surface area contributed by atoms with E-state index in [9.17, 15) is 9.59 Å². The number of allylic oxidation sites excluding steroid dienone is 11. The van der Waals surface area contributed by atoms with E-state index < -0.39 is 5.67 Å². The zero-order valence-electron chi connectivity index (χ0n) is 28.0. The highest BCUT2D eigenvalue weighted by atomic mass is 19.1. The highest BCUT2D eigenvalue weighted by Crippen LogP contribution is 2.42. The van der Waals surface area contributed by atoms with Crippen molar-refractivity contribution in [2.45, 2.75) is 117 Å². The summed E-state index contributed by atoms with van der Waals surface area (Å²) in [6.07, 6.45) is 19.6. The predicted molar refractivity (Wildman–Crippen MR) is 185 cm³/mol. The first-order valence-corrected chi connectivity index (χ1v) is 16.9. The number of alkyl halides is 1. The van der Waals surface area contributed by atoms with Crippen LogP contribution < -0.4 is 0 Å². The number of fused-ring (bicyclic) bond motifs is 1. The molecular weight excluding hydrogens is 557 g/mol. The van der Waals surface area contributed by atoms with Crippen LogP contribution in [0.25, 0.3) is 5.57 Å². The predicted octanol–water partition coefficient (Wildman–Crippen LogP) is 10.9. The molecule has 0 bridgehead atoms. The Morgan fingerprint density at radius 3 is 2.44 bits per heavy atom. The molecule has 3 aliphatic carbocycles. The van der Waals surface area contributed by atoms with Crippen LogP contribution in [-0.4, -0.2) is 22.9 Å². The molecule has 1 unspecified atom stereocenters. The van der Waals surface area contributed by atoms with E-state index in [1.807, 2.05) is 44.2 Å². The van der Waals surface area contributed by atoms with Gasteiger partial charge in [-0.3, -0.25) is 9.59 Å². The molecule has 1 atom stereocenters. The van der Waals surface area contributed by atoms with E-state index in [1.165, 1.54) is 0 Å². The molecule has 4 rings (SSSR count). The molecule has 0 amide bonds. The number of benzene rings is 1. The Kier molecular flexibility index (Phi) is 11.9. The lowest BCUT2D eigenvalue weighted by atomic mass is 9.80. The first-order valence-electron chi connectivity index (χ1n) is 16.9. The SMILES string of the molecule is CC=C(C)C(=O)CC(=N)c1ccc(C2=CC(CCC3(F)CCCCC3)CCC3=CC(/C(C(C)=O)=C(\C)CC)=CCC=C=C32)cc1. The average Bonchev–Trinajstić information content (AvgIpc) is 3.18. The Bertz CT molecular complexity index is 1530. The lowest BCUT2D eigenvalue weighted by Gasteiger charge is -2.30. The number of nitrogens with one attached hydrogen (secondary N) is 1. The van der Waals surface area contributed by atoms with Crippen molar-refractivity contribution in [2.75, 3.05) is 0 Å². The summed E-state index contributed by atoms with van der Waals surface area (Å²) in [6.45, 7) is 9.40. The molecule has 238 valence electrons. The molecule has 3 aliphatic rings. The van der Waals surface area contributed by atoms with Gasteiger partial charge in [0.1, 0.15) is 5.67 Å². The summed E-state index contributed by atoms with van der Waals surface area (Å²) >= 11 is 0. The standard InChI is InChI=1S/C41H50FNO2/c1-6-28(3)39(45)27-38(43)33-19-17-32(18-20-33)37-25-31(21-24-41(42)22-11-8-12-23-41)15-16-34-26-35(13-9-10-14-36(34)37)40(30(5)44)29(4)7-2/h6,10,13,17-20,25-26,31,43H,7-9,11-12,15-16,21-24,27H2,1-5H3/b28-6?,34-26?,35-13?,40-29+,43-38?. The molecular formula is C41H50FNO2. The van der Waals surface area contributed by atoms with E-state index in [2.05, 4.69) is 30.9 Å². The summed E-state index contributed by atoms with van der Waals surface area (Å²) < 4.78 is 15.7. The number of hydrogen-bond acceptors (Lipinski definition) is 3. The molecule has 3 nitrogen and oxygen atoms in total. The van der Waals surface area contributed by atoms with E-state index in [-0.39, 0.29) is 23.9 Å². The van der Waals surface area contributed by atoms with E-state index in [4.69, 9.17) is 5.41 Å². The van der Waals surface area contributed by atoms with Gasteiger partial charge in [0.15, 0.2) is 11.6 Å². The molecule has 0 spiro atoms. The number of Topliss-reactive ketones (excluding diaryl/α,β-unsaturated/α-hetero) is 2. The number of rotatable bonds is 11. The van der Waals surface area contributed by atoms with Gasteiger partial charge in [-0.1, -0.05) is 80.3 Å². The summed E-state index contributed by atoms with van der Waals surface area (Å²) in [6, 6.07) is 7.93. The lowest BCUT2D eigenvalue weighted by molar-refractivity contribution is -0.114. The van der Waals surface area contributed by atoms with Crippen LogP contribution in [0, 0.1) is 11.3 Å². The van der Waals surface area contributed by atoms with Crippen molar-refractivity contribution in [1.29, 1.82) is 5.41 Å². The number of carbonyl (C=O) groups is 2. The minimum absolute atomic E-state index is 0.0368. The summed E-state index contributed by atoms with van der Waals surface area (Å²) in [5.74, 6) is 0.256. The van der Waals surface area contributed by atoms with Gasteiger partial charge in [-0.05, 0) is 124 Å². The largest absolute Gasteiger partial charge is 0.304 e. The molecule has 1 aromatic rings. The molecule has 1 aromatic carbocycles. The molecule has 1 N–H and O–H groups in total. The van der Waals surface area contributed by atoms with Crippen molar-refractivity contribution < 1.29 is 14.0 Å². The quantitative estimate of drug-likeness (QED) is 0.155. The van der Waals surface area contributed by atoms with Crippen LogP contribution in [0.4, 0.5) is 4.39 Å². The van der Waals surface area contributed by atoms with Crippen LogP contribution in [-0.2, 0) is 9.59 Å². The fourth-order valence-corrected chi connectivity index (χ4v) is 6.81. The lowest BCUT2D eigenvalue weighted by Crippen LogP contribution is -2.26. The molecule has 1 fully saturated rings. The number of carbonyl (C=O) groups excluding carboxylic acids is 2. The number of hydrogen-bond donors (Lipinski definition) is 1. The first-order chi connectivity index (χ1) is 21.5. The van der Waals surface area contributed by atoms with E-state index >= 15 is 4.39 Å². The third-order valence-electron chi connectivity index (χ3n) is 9.87. The summed E-state index contributed by atoms with van der Waals surface area (Å²) in [5, 5.41) is 8.56. The third-order valence-corrected chi connectivity index (χ3v) is 9.87. The number of halogens is 1. The van der Waals surface area contributed by atoms with Gasteiger partial charge in [-0.2, -0.15) is 0 Å². The zero-order chi connectivity index (χ0) is 32.6. The van der Waals surface area contributed by atoms with Gasteiger partial charge in [0.05, 0.1) is 6.42 Å². The van der Waals surface area contributed by atoms with Crippen LogP contribution in [0.3, 0.4) is 0 Å². The summed E-state index contributed by atoms with van der Waals surface area (Å²) in [5.41, 5.74) is 11.4. The molecule has 0 heterocycles. The van der Waals surface area contributed by atoms with Crippen LogP contribution in [0.15, 0.2) is 93.8 Å². The van der Waals surface area contributed by atoms with Crippen molar-refractivity contribution in [3.63, 3.8) is 0 Å². The highest BCUT2D eigenvalue weighted by molar-refractivity contribution is 6.14. The molecule has 0 saturated heterocycles. The third kappa shape index (κ3) is 8.76. The van der Waals surface area contributed by atoms with E-state index in [0.717, 1.165) is 89.5 Å². The Labute approximate surface area is 270 Å². The van der Waals surface area contributed by atoms with E-state index in [0.29, 0.717) is 37.0 Å². The van der Waals surface area contributed by atoms with Crippen molar-refractivity contribution >= 4 is 22.9 Å². The number of ketones is 2. The minimum Gasteiger partial charge on any atom is -0.304 e. The molecule has 4 heteroatoms. The van der Waals surface area contributed by atoms with Gasteiger partial charge < -0.3 is 5.41 Å². The maximum absolute atomic E-state index is 15.7. The molecule has 0 aliphatic heterocycles. The van der Waals surface area contributed by atoms with Crippen molar-refractivity contribution in [1.82, 2.24) is 0 Å². The highest BCUT2D eigenvalue weighted by Gasteiger charge is 2.32. The molecule has 45 heavy (non-hydrogen) atoms. The monoisotopic (exact) mass is 607 g/mol. The van der Waals surface area contributed by atoms with Crippen LogP contribution in [0.1, 0.15) is 123 Å². The smallest absolute Gasteiger partial charge is 0.164 e. The van der Waals surface area contributed by atoms with Crippen molar-refractivity contribution in [3.8, 4) is 0 Å². The second-order valence-electron chi connectivity index (χ2n) is 13.1. The fraction of sp³-hybridized carbons (Fsp3) is 0.463. The molecule has 1 saturated carbocycles. The van der Waals surface area contributed by atoms with Gasteiger partial charge in [0.2, 0.25) is 0 Å². The van der Waals surface area contributed by atoms with Crippen molar-refractivity contribution in [3.05, 3.63) is 105 Å². The Morgan fingerprint density at radius 2 is 1.80 bits per heavy atom. The fourth-order valence-electron chi connectivity index (χ4n) is 6.81. The topological polar surface area (TPSA) is 58.0 Å². The normalized spacial score (nSPS) is 20.7. The Balaban J connectivity index is 1.73. The van der Waals surface area contributed by atoms with Crippen LogP contribution in [0.5, 0.6) is 0 Å². The van der Waals surface area contributed by atoms with Gasteiger partial charge in [0.25, 0.3) is 0 Å². The average molecular weight is 608 g/mol. The zero-order valence-corrected chi connectivity index (χ0v) is 28.0. The van der Waals surface area contributed by atoms with Crippen LogP contribution >= 0.6 is 0 Å². The molecule has 0 aromatic heterocycles. The second kappa shape index (κ2) is 15.6. The Hall–Kier alpha value is -3.62. The minimum atomic E-state index is -1.06. The maximum Gasteiger partial charge on any atom is 0.164 e.